The Morgan fingerprint density at radius 3 is 2.06 bits per heavy atom. The van der Waals surface area contributed by atoms with Gasteiger partial charge in [-0.25, -0.2) is 0 Å². The number of thiophene rings is 1. The molecular formula is C35H28S. The lowest BCUT2D eigenvalue weighted by Gasteiger charge is -2.14. The molecule has 0 aliphatic rings. The van der Waals surface area contributed by atoms with Gasteiger partial charge in [0.2, 0.25) is 0 Å². The smallest absolute Gasteiger partial charge is 0.0368 e. The van der Waals surface area contributed by atoms with Crippen LogP contribution in [0.2, 0.25) is 0 Å². The zero-order valence-corrected chi connectivity index (χ0v) is 21.6. The molecule has 0 spiro atoms. The van der Waals surface area contributed by atoms with Crippen molar-refractivity contribution in [1.82, 2.24) is 0 Å². The average molecular weight is 481 g/mol. The topological polar surface area (TPSA) is 0 Å². The van der Waals surface area contributed by atoms with Crippen molar-refractivity contribution in [3.8, 4) is 22.3 Å². The molecule has 6 aromatic carbocycles. The van der Waals surface area contributed by atoms with E-state index in [4.69, 9.17) is 0 Å². The van der Waals surface area contributed by atoms with Gasteiger partial charge in [-0.3, -0.25) is 0 Å². The van der Waals surface area contributed by atoms with E-state index in [1.165, 1.54) is 87.9 Å². The van der Waals surface area contributed by atoms with Crippen LogP contribution in [0, 0.1) is 6.92 Å². The Morgan fingerprint density at radius 1 is 0.556 bits per heavy atom. The maximum Gasteiger partial charge on any atom is 0.0368 e. The van der Waals surface area contributed by atoms with Crippen LogP contribution in [0.5, 0.6) is 0 Å². The van der Waals surface area contributed by atoms with Gasteiger partial charge in [0.15, 0.2) is 0 Å². The fraction of sp³-hybridized carbons (Fsp3) is 0.143. The van der Waals surface area contributed by atoms with Crippen molar-refractivity contribution in [3.05, 3.63) is 108 Å². The van der Waals surface area contributed by atoms with E-state index in [0.29, 0.717) is 0 Å². The van der Waals surface area contributed by atoms with Gasteiger partial charge in [-0.1, -0.05) is 91.7 Å². The van der Waals surface area contributed by atoms with E-state index >= 15 is 0 Å². The van der Waals surface area contributed by atoms with Crippen LogP contribution in [0.3, 0.4) is 0 Å². The van der Waals surface area contributed by atoms with E-state index in [9.17, 15) is 0 Å². The summed E-state index contributed by atoms with van der Waals surface area (Å²) in [6.45, 7) is 4.45. The molecule has 0 N–H and O–H groups in total. The van der Waals surface area contributed by atoms with E-state index in [0.717, 1.165) is 6.42 Å². The summed E-state index contributed by atoms with van der Waals surface area (Å²) in [5, 5.41) is 8.30. The number of benzene rings is 6. The summed E-state index contributed by atoms with van der Waals surface area (Å²) in [6, 6.07) is 36.7. The highest BCUT2D eigenvalue weighted by atomic mass is 32.1. The third-order valence-electron chi connectivity index (χ3n) is 7.60. The van der Waals surface area contributed by atoms with Crippen LogP contribution in [0.25, 0.3) is 64.0 Å². The molecule has 0 aliphatic carbocycles. The molecule has 7 aromatic rings. The van der Waals surface area contributed by atoms with Crippen molar-refractivity contribution in [2.75, 3.05) is 0 Å². The highest BCUT2D eigenvalue weighted by Crippen LogP contribution is 2.46. The number of hydrogen-bond donors (Lipinski definition) is 0. The second kappa shape index (κ2) is 8.47. The number of aryl methyl sites for hydroxylation is 2. The Hall–Kier alpha value is -3.68. The quantitative estimate of drug-likeness (QED) is 0.215. The molecule has 0 bridgehead atoms. The number of unbranched alkanes of at least 4 members (excludes halogenated alkanes) is 1. The number of fused-ring (bicyclic) bond motifs is 3. The lowest BCUT2D eigenvalue weighted by atomic mass is 9.90. The molecule has 0 saturated carbocycles. The van der Waals surface area contributed by atoms with Gasteiger partial charge < -0.3 is 0 Å². The molecule has 0 radical (unpaired) electrons. The van der Waals surface area contributed by atoms with E-state index < -0.39 is 0 Å². The van der Waals surface area contributed by atoms with Crippen molar-refractivity contribution in [2.24, 2.45) is 0 Å². The fourth-order valence-electron chi connectivity index (χ4n) is 5.88. The van der Waals surface area contributed by atoms with Crippen molar-refractivity contribution >= 4 is 53.1 Å². The molecule has 0 fully saturated rings. The fourth-order valence-corrected chi connectivity index (χ4v) is 7.08. The first-order valence-electron chi connectivity index (χ1n) is 13.0. The molecule has 1 heteroatoms. The van der Waals surface area contributed by atoms with Crippen LogP contribution in [0.15, 0.2) is 97.1 Å². The third kappa shape index (κ3) is 3.42. The maximum absolute atomic E-state index is 2.45. The summed E-state index contributed by atoms with van der Waals surface area (Å²) in [4.78, 5) is 0. The minimum atomic E-state index is 1.12. The highest BCUT2D eigenvalue weighted by Gasteiger charge is 2.17. The minimum Gasteiger partial charge on any atom is -0.135 e. The first-order chi connectivity index (χ1) is 17.7. The Labute approximate surface area is 216 Å². The SMILES string of the molecule is CCCCc1cc(-c2cccc(C)c2)cc(-c2cc3sc4cccc5c6ccccc6c(c2)c3c45)c1. The maximum atomic E-state index is 2.45. The largest absolute Gasteiger partial charge is 0.135 e. The molecule has 0 amide bonds. The molecule has 7 rings (SSSR count). The average Bonchev–Trinajstić information content (AvgIpc) is 3.30. The third-order valence-corrected chi connectivity index (χ3v) is 8.70. The van der Waals surface area contributed by atoms with Crippen LogP contribution in [-0.4, -0.2) is 0 Å². The normalized spacial score (nSPS) is 11.9. The van der Waals surface area contributed by atoms with Crippen molar-refractivity contribution < 1.29 is 0 Å². The summed E-state index contributed by atoms with van der Waals surface area (Å²) >= 11 is 1.93. The molecule has 36 heavy (non-hydrogen) atoms. The van der Waals surface area contributed by atoms with Gasteiger partial charge in [-0.05, 0) is 93.4 Å². The predicted molar refractivity (Wildman–Crippen MR) is 160 cm³/mol. The molecule has 0 saturated heterocycles. The molecule has 1 aromatic heterocycles. The van der Waals surface area contributed by atoms with Gasteiger partial charge in [0.25, 0.3) is 0 Å². The predicted octanol–water partition coefficient (Wildman–Crippen LogP) is 10.8. The van der Waals surface area contributed by atoms with Gasteiger partial charge >= 0.3 is 0 Å². The van der Waals surface area contributed by atoms with Gasteiger partial charge in [-0.2, -0.15) is 0 Å². The second-order valence-electron chi connectivity index (χ2n) is 10.1. The van der Waals surface area contributed by atoms with Crippen molar-refractivity contribution in [1.29, 1.82) is 0 Å². The summed E-state index contributed by atoms with van der Waals surface area (Å²) in [5.41, 5.74) is 7.98. The second-order valence-corrected chi connectivity index (χ2v) is 11.2. The van der Waals surface area contributed by atoms with Gasteiger partial charge in [-0.15, -0.1) is 11.3 Å². The Balaban J connectivity index is 1.52. The molecule has 1 heterocycles. The highest BCUT2D eigenvalue weighted by molar-refractivity contribution is 7.26. The zero-order chi connectivity index (χ0) is 24.2. The van der Waals surface area contributed by atoms with E-state index in [1.807, 2.05) is 11.3 Å². The van der Waals surface area contributed by atoms with Gasteiger partial charge in [0.05, 0.1) is 0 Å². The van der Waals surface area contributed by atoms with E-state index in [-0.39, 0.29) is 0 Å². The molecule has 0 nitrogen and oxygen atoms in total. The van der Waals surface area contributed by atoms with Crippen LogP contribution in [-0.2, 0) is 6.42 Å². The van der Waals surface area contributed by atoms with E-state index in [2.05, 4.69) is 111 Å². The number of hydrogen-bond acceptors (Lipinski definition) is 1. The Bertz CT molecular complexity index is 1880. The monoisotopic (exact) mass is 480 g/mol. The molecule has 174 valence electrons. The molecule has 0 atom stereocenters. The van der Waals surface area contributed by atoms with Crippen LogP contribution < -0.4 is 0 Å². The molecule has 0 aliphatic heterocycles. The Kier molecular flexibility index (Phi) is 5.08. The molecule has 0 unspecified atom stereocenters. The van der Waals surface area contributed by atoms with Gasteiger partial charge in [0, 0.05) is 20.2 Å². The molecular weight excluding hydrogens is 452 g/mol. The van der Waals surface area contributed by atoms with Crippen LogP contribution in [0.1, 0.15) is 30.9 Å². The lowest BCUT2D eigenvalue weighted by molar-refractivity contribution is 0.795. The van der Waals surface area contributed by atoms with E-state index in [1.54, 1.807) is 0 Å². The standard InChI is InChI=1S/C35H28S/c1-3-4-10-23-17-25(24-11-7-9-22(2)16-24)19-26(18-23)27-20-31-29-13-6-5-12-28(29)30-14-8-15-32-34(30)35(31)33(21-27)36-32/h5-9,11-21H,3-4,10H2,1-2H3. The first-order valence-corrected chi connectivity index (χ1v) is 13.8. The Morgan fingerprint density at radius 2 is 1.25 bits per heavy atom. The summed E-state index contributed by atoms with van der Waals surface area (Å²) in [6.07, 6.45) is 3.54. The summed E-state index contributed by atoms with van der Waals surface area (Å²) < 4.78 is 2.77. The van der Waals surface area contributed by atoms with Crippen molar-refractivity contribution in [3.63, 3.8) is 0 Å². The summed E-state index contributed by atoms with van der Waals surface area (Å²) in [7, 11) is 0. The zero-order valence-electron chi connectivity index (χ0n) is 20.8. The van der Waals surface area contributed by atoms with Crippen LogP contribution in [0.4, 0.5) is 0 Å². The minimum absolute atomic E-state index is 1.12. The first kappa shape index (κ1) is 21.6. The van der Waals surface area contributed by atoms with Crippen LogP contribution >= 0.6 is 11.3 Å². The lowest BCUT2D eigenvalue weighted by Crippen LogP contribution is -1.90. The van der Waals surface area contributed by atoms with Crippen molar-refractivity contribution in [2.45, 2.75) is 33.1 Å². The number of rotatable bonds is 5. The van der Waals surface area contributed by atoms with Gasteiger partial charge in [0.1, 0.15) is 0 Å². The summed E-state index contributed by atoms with van der Waals surface area (Å²) in [5.74, 6) is 0.